The number of piperidine rings is 1. The zero-order chi connectivity index (χ0) is 25.7. The Balaban J connectivity index is 0.00000336. The predicted molar refractivity (Wildman–Crippen MR) is 153 cm³/mol. The van der Waals surface area contributed by atoms with Crippen molar-refractivity contribution >= 4 is 24.3 Å². The summed E-state index contributed by atoms with van der Waals surface area (Å²) in [6, 6.07) is 18.0. The van der Waals surface area contributed by atoms with E-state index >= 15 is 0 Å². The molecule has 0 atom stereocenters. The number of benzene rings is 2. The average Bonchev–Trinajstić information content (AvgIpc) is 3.12. The number of rotatable bonds is 9. The third kappa shape index (κ3) is 6.18. The van der Waals surface area contributed by atoms with Crippen molar-refractivity contribution in [3.63, 3.8) is 0 Å². The topological polar surface area (TPSA) is 53.1 Å². The van der Waals surface area contributed by atoms with Crippen molar-refractivity contribution in [1.82, 2.24) is 14.7 Å². The number of hydrogen-bond acceptors (Lipinski definition) is 4. The lowest BCUT2D eigenvalue weighted by Crippen LogP contribution is -2.56. The van der Waals surface area contributed by atoms with Gasteiger partial charge in [-0.1, -0.05) is 62.9 Å². The Kier molecular flexibility index (Phi) is 9.72. The van der Waals surface area contributed by atoms with Crippen LogP contribution in [0.15, 0.2) is 54.6 Å². The number of ether oxygens (including phenoxy) is 1. The lowest BCUT2D eigenvalue weighted by Gasteiger charge is -2.42. The maximum absolute atomic E-state index is 13.8. The molecule has 0 radical (unpaired) electrons. The van der Waals surface area contributed by atoms with E-state index in [9.17, 15) is 9.59 Å². The van der Waals surface area contributed by atoms with Gasteiger partial charge in [-0.3, -0.25) is 14.6 Å². The first-order valence-corrected chi connectivity index (χ1v) is 14.3. The summed E-state index contributed by atoms with van der Waals surface area (Å²) in [5.74, 6) is 2.20. The molecule has 1 aliphatic carbocycles. The third-order valence-corrected chi connectivity index (χ3v) is 8.51. The van der Waals surface area contributed by atoms with Gasteiger partial charge in [-0.25, -0.2) is 4.79 Å². The van der Waals surface area contributed by atoms with Gasteiger partial charge in [-0.15, -0.1) is 12.4 Å². The first kappa shape index (κ1) is 28.4. The summed E-state index contributed by atoms with van der Waals surface area (Å²) in [7, 11) is 0. The molecule has 1 saturated carbocycles. The number of hydrogen-bond donors (Lipinski definition) is 0. The smallest absolute Gasteiger partial charge is 0.327 e. The molecule has 0 unspecified atom stereocenters. The molecule has 7 heteroatoms. The molecule has 0 aromatic heterocycles. The summed E-state index contributed by atoms with van der Waals surface area (Å²) >= 11 is 0. The van der Waals surface area contributed by atoms with E-state index in [4.69, 9.17) is 4.74 Å². The van der Waals surface area contributed by atoms with Crippen LogP contribution >= 0.6 is 12.4 Å². The van der Waals surface area contributed by atoms with Gasteiger partial charge in [0.05, 0.1) is 0 Å². The van der Waals surface area contributed by atoms with Gasteiger partial charge < -0.3 is 9.64 Å². The highest BCUT2D eigenvalue weighted by molar-refractivity contribution is 6.07. The van der Waals surface area contributed by atoms with E-state index in [2.05, 4.69) is 24.0 Å². The molecule has 3 aliphatic rings. The predicted octanol–water partition coefficient (Wildman–Crippen LogP) is 6.88. The molecule has 2 aromatic carbocycles. The number of amides is 3. The van der Waals surface area contributed by atoms with Crippen molar-refractivity contribution in [2.24, 2.45) is 5.92 Å². The van der Waals surface area contributed by atoms with Crippen LogP contribution in [0.4, 0.5) is 4.79 Å². The average molecular weight is 540 g/mol. The quantitative estimate of drug-likeness (QED) is 0.326. The minimum Gasteiger partial charge on any atom is -0.457 e. The van der Waals surface area contributed by atoms with Crippen molar-refractivity contribution in [3.8, 4) is 11.5 Å². The Labute approximate surface area is 233 Å². The molecule has 1 spiro atoms. The summed E-state index contributed by atoms with van der Waals surface area (Å²) in [5.41, 5.74) is 0.581. The highest BCUT2D eigenvalue weighted by atomic mass is 35.5. The highest BCUT2D eigenvalue weighted by Crippen LogP contribution is 2.39. The second-order valence-corrected chi connectivity index (χ2v) is 11.1. The normalized spacial score (nSPS) is 20.1. The van der Waals surface area contributed by atoms with Crippen molar-refractivity contribution in [1.29, 1.82) is 0 Å². The van der Waals surface area contributed by atoms with Crippen molar-refractivity contribution in [2.45, 2.75) is 76.8 Å². The van der Waals surface area contributed by atoms with Crippen LogP contribution in [0.3, 0.4) is 0 Å². The minimum atomic E-state index is -0.648. The van der Waals surface area contributed by atoms with Crippen molar-refractivity contribution < 1.29 is 14.3 Å². The fraction of sp³-hybridized carbons (Fsp3) is 0.548. The van der Waals surface area contributed by atoms with Crippen LogP contribution in [0.5, 0.6) is 11.5 Å². The standard InChI is InChI=1S/C31H41N3O3.ClH/c1-2-3-20-34-30(36)33(24-25-10-6-4-7-11-25)29(35)31(34)18-21-32(22-19-31)23-26-14-16-28(17-15-26)37-27-12-8-5-9-13-27;/h5,8-9,12-17,25H,2-4,6-7,10-11,18-24H2,1H3;1H. The number of nitrogens with zero attached hydrogens (tertiary/aromatic N) is 3. The lowest BCUT2D eigenvalue weighted by molar-refractivity contribution is -0.136. The highest BCUT2D eigenvalue weighted by Gasteiger charge is 2.57. The lowest BCUT2D eigenvalue weighted by atomic mass is 9.85. The van der Waals surface area contributed by atoms with Crippen LogP contribution in [0.1, 0.15) is 70.3 Å². The molecule has 3 fully saturated rings. The number of carbonyl (C=O) groups excluding carboxylic acids is 2. The van der Waals surface area contributed by atoms with Gasteiger partial charge in [0.1, 0.15) is 17.0 Å². The zero-order valence-electron chi connectivity index (χ0n) is 22.6. The monoisotopic (exact) mass is 539 g/mol. The van der Waals surface area contributed by atoms with E-state index in [0.717, 1.165) is 69.7 Å². The number of urea groups is 1. The molecule has 2 saturated heterocycles. The Bertz CT molecular complexity index is 1050. The maximum atomic E-state index is 13.8. The molecule has 38 heavy (non-hydrogen) atoms. The molecule has 0 N–H and O–H groups in total. The minimum absolute atomic E-state index is 0. The molecule has 0 bridgehead atoms. The summed E-state index contributed by atoms with van der Waals surface area (Å²) in [6.45, 7) is 5.93. The first-order chi connectivity index (χ1) is 18.1. The summed E-state index contributed by atoms with van der Waals surface area (Å²) < 4.78 is 5.92. The van der Waals surface area contributed by atoms with E-state index in [0.29, 0.717) is 19.0 Å². The van der Waals surface area contributed by atoms with Crippen LogP contribution in [-0.4, -0.2) is 58.4 Å². The largest absolute Gasteiger partial charge is 0.457 e. The Morgan fingerprint density at radius 2 is 1.55 bits per heavy atom. The van der Waals surface area contributed by atoms with Crippen molar-refractivity contribution in [3.05, 3.63) is 60.2 Å². The number of halogens is 1. The fourth-order valence-electron chi connectivity index (χ4n) is 6.31. The van der Waals surface area contributed by atoms with Gasteiger partial charge in [0, 0.05) is 32.7 Å². The molecule has 5 rings (SSSR count). The maximum Gasteiger partial charge on any atom is 0.327 e. The van der Waals surface area contributed by atoms with Gasteiger partial charge in [0.25, 0.3) is 5.91 Å². The second kappa shape index (κ2) is 13.0. The van der Waals surface area contributed by atoms with Gasteiger partial charge in [-0.05, 0) is 67.9 Å². The number of likely N-dealkylation sites (tertiary alicyclic amines) is 1. The molecule has 6 nitrogen and oxygen atoms in total. The van der Waals surface area contributed by atoms with E-state index < -0.39 is 5.54 Å². The fourth-order valence-corrected chi connectivity index (χ4v) is 6.31. The van der Waals surface area contributed by atoms with Crippen molar-refractivity contribution in [2.75, 3.05) is 26.2 Å². The Hall–Kier alpha value is -2.57. The molecule has 206 valence electrons. The molecule has 2 heterocycles. The molecular weight excluding hydrogens is 498 g/mol. The van der Waals surface area contributed by atoms with Crippen LogP contribution in [0.25, 0.3) is 0 Å². The second-order valence-electron chi connectivity index (χ2n) is 11.1. The SMILES string of the molecule is CCCCN1C(=O)N(CC2CCCCC2)C(=O)C12CCN(Cc1ccc(Oc3ccccc3)cc1)CC2.Cl. The molecule has 3 amide bonds. The molecular formula is C31H42ClN3O3. The number of imide groups is 1. The van der Waals surface area contributed by atoms with Gasteiger partial charge in [-0.2, -0.15) is 0 Å². The van der Waals surface area contributed by atoms with Gasteiger partial charge in [0.2, 0.25) is 0 Å². The van der Waals surface area contributed by atoms with E-state index in [1.807, 2.05) is 47.4 Å². The van der Waals surface area contributed by atoms with E-state index in [1.54, 1.807) is 4.90 Å². The summed E-state index contributed by atoms with van der Waals surface area (Å²) in [6.07, 6.45) is 9.41. The van der Waals surface area contributed by atoms with Crippen LogP contribution in [-0.2, 0) is 11.3 Å². The zero-order valence-corrected chi connectivity index (χ0v) is 23.5. The number of carbonyl (C=O) groups is 2. The molecule has 2 aromatic rings. The Morgan fingerprint density at radius 3 is 2.21 bits per heavy atom. The molecule has 2 aliphatic heterocycles. The first-order valence-electron chi connectivity index (χ1n) is 14.3. The third-order valence-electron chi connectivity index (χ3n) is 8.51. The van der Waals surface area contributed by atoms with Crippen LogP contribution in [0.2, 0.25) is 0 Å². The van der Waals surface area contributed by atoms with Crippen LogP contribution in [0, 0.1) is 5.92 Å². The summed E-state index contributed by atoms with van der Waals surface area (Å²) in [4.78, 5) is 33.3. The van der Waals surface area contributed by atoms with E-state index in [-0.39, 0.29) is 24.3 Å². The Morgan fingerprint density at radius 1 is 0.895 bits per heavy atom. The number of para-hydroxylation sites is 1. The van der Waals surface area contributed by atoms with Gasteiger partial charge in [0.15, 0.2) is 0 Å². The van der Waals surface area contributed by atoms with Crippen LogP contribution < -0.4 is 4.74 Å². The van der Waals surface area contributed by atoms with E-state index in [1.165, 1.54) is 24.8 Å². The van der Waals surface area contributed by atoms with Gasteiger partial charge >= 0.3 is 6.03 Å². The number of unbranched alkanes of at least 4 members (excludes halogenated alkanes) is 1. The summed E-state index contributed by atoms with van der Waals surface area (Å²) in [5, 5.41) is 0.